The van der Waals surface area contributed by atoms with Crippen molar-refractivity contribution in [2.24, 2.45) is 5.73 Å². The van der Waals surface area contributed by atoms with E-state index in [0.29, 0.717) is 0 Å². The van der Waals surface area contributed by atoms with Crippen LogP contribution in [0.2, 0.25) is 0 Å². The largest absolute Gasteiger partial charge is 0.480 e. The maximum Gasteiger partial charge on any atom is 0.326 e. The van der Waals surface area contributed by atoms with Crippen molar-refractivity contribution in [3.63, 3.8) is 0 Å². The fourth-order valence-corrected chi connectivity index (χ4v) is 1.34. The van der Waals surface area contributed by atoms with Crippen LogP contribution in [0.4, 0.5) is 4.79 Å². The predicted molar refractivity (Wildman–Crippen MR) is 67.2 cm³/mol. The van der Waals surface area contributed by atoms with Crippen LogP contribution in [0.15, 0.2) is 12.7 Å². The van der Waals surface area contributed by atoms with Gasteiger partial charge in [-0.2, -0.15) is 0 Å². The predicted octanol–water partition coefficient (Wildman–Crippen LogP) is -1.10. The second-order valence-electron chi connectivity index (χ2n) is 3.80. The number of primary amides is 1. The van der Waals surface area contributed by atoms with Crippen molar-refractivity contribution in [3.05, 3.63) is 12.7 Å². The Hall–Kier alpha value is -2.09. The van der Waals surface area contributed by atoms with Crippen LogP contribution in [-0.4, -0.2) is 58.8 Å². The van der Waals surface area contributed by atoms with E-state index < -0.39 is 23.9 Å². The van der Waals surface area contributed by atoms with Crippen molar-refractivity contribution < 1.29 is 24.6 Å². The molecule has 0 radical (unpaired) electrons. The minimum absolute atomic E-state index is 0.0556. The maximum absolute atomic E-state index is 11.8. The van der Waals surface area contributed by atoms with Crippen LogP contribution >= 0.6 is 0 Å². The monoisotopic (exact) mass is 273 g/mol. The lowest BCUT2D eigenvalue weighted by molar-refractivity contribution is -0.139. The van der Waals surface area contributed by atoms with E-state index in [0.717, 1.165) is 0 Å². The summed E-state index contributed by atoms with van der Waals surface area (Å²) in [4.78, 5) is 34.5. The summed E-state index contributed by atoms with van der Waals surface area (Å²) in [6.45, 7) is 3.44. The third-order valence-electron chi connectivity index (χ3n) is 2.28. The Bertz CT molecular complexity index is 345. The fourth-order valence-electron chi connectivity index (χ4n) is 1.34. The number of hydrogen-bond donors (Lipinski definition) is 4. The van der Waals surface area contributed by atoms with E-state index in [-0.39, 0.29) is 32.5 Å². The van der Waals surface area contributed by atoms with Crippen molar-refractivity contribution >= 4 is 17.9 Å². The smallest absolute Gasteiger partial charge is 0.326 e. The summed E-state index contributed by atoms with van der Waals surface area (Å²) in [5.74, 6) is -1.89. The van der Waals surface area contributed by atoms with Crippen molar-refractivity contribution in [1.82, 2.24) is 10.2 Å². The van der Waals surface area contributed by atoms with Crippen molar-refractivity contribution in [2.45, 2.75) is 18.9 Å². The van der Waals surface area contributed by atoms with E-state index in [1.54, 1.807) is 0 Å². The van der Waals surface area contributed by atoms with Gasteiger partial charge in [0.1, 0.15) is 6.04 Å². The molecule has 5 N–H and O–H groups in total. The highest BCUT2D eigenvalue weighted by Crippen LogP contribution is 2.00. The third-order valence-corrected chi connectivity index (χ3v) is 2.28. The molecule has 0 bridgehead atoms. The zero-order valence-corrected chi connectivity index (χ0v) is 10.5. The van der Waals surface area contributed by atoms with E-state index in [2.05, 4.69) is 11.9 Å². The number of hydrogen-bond acceptors (Lipinski definition) is 4. The van der Waals surface area contributed by atoms with Crippen LogP contribution in [-0.2, 0) is 9.59 Å². The van der Waals surface area contributed by atoms with Gasteiger partial charge in [-0.3, -0.25) is 4.79 Å². The highest BCUT2D eigenvalue weighted by atomic mass is 16.4. The molecular formula is C11H19N3O5. The average molecular weight is 273 g/mol. The Labute approximate surface area is 110 Å². The molecule has 1 unspecified atom stereocenters. The number of nitrogens with one attached hydrogen (secondary N) is 1. The van der Waals surface area contributed by atoms with Crippen molar-refractivity contribution in [3.8, 4) is 0 Å². The molecule has 0 heterocycles. The number of carbonyl (C=O) groups excluding carboxylic acids is 2. The first kappa shape index (κ1) is 16.9. The number of aliphatic hydroxyl groups is 1. The molecule has 108 valence electrons. The zero-order valence-electron chi connectivity index (χ0n) is 10.5. The number of nitrogens with zero attached hydrogens (tertiary/aromatic N) is 1. The Morgan fingerprint density at radius 3 is 2.47 bits per heavy atom. The van der Waals surface area contributed by atoms with Crippen LogP contribution in [0, 0.1) is 0 Å². The van der Waals surface area contributed by atoms with Crippen LogP contribution in [0.5, 0.6) is 0 Å². The van der Waals surface area contributed by atoms with Crippen molar-refractivity contribution in [2.75, 3.05) is 19.7 Å². The molecule has 0 fully saturated rings. The Balaban J connectivity index is 4.54. The second kappa shape index (κ2) is 8.92. The number of amides is 3. The first-order valence-corrected chi connectivity index (χ1v) is 5.70. The molecule has 0 aliphatic carbocycles. The van der Waals surface area contributed by atoms with Crippen molar-refractivity contribution in [1.29, 1.82) is 0 Å². The molecular weight excluding hydrogens is 254 g/mol. The molecule has 0 rings (SSSR count). The Kier molecular flexibility index (Phi) is 7.94. The number of carbonyl (C=O) groups is 3. The number of carboxylic acid groups (broad SMARTS) is 1. The van der Waals surface area contributed by atoms with Gasteiger partial charge in [0.2, 0.25) is 5.91 Å². The lowest BCUT2D eigenvalue weighted by Gasteiger charge is -2.23. The zero-order chi connectivity index (χ0) is 14.8. The molecule has 0 aromatic carbocycles. The first-order chi connectivity index (χ1) is 8.92. The lowest BCUT2D eigenvalue weighted by Crippen LogP contribution is -2.49. The van der Waals surface area contributed by atoms with Gasteiger partial charge in [0.05, 0.1) is 6.61 Å². The van der Waals surface area contributed by atoms with Gasteiger partial charge in [0.15, 0.2) is 0 Å². The molecule has 1 atom stereocenters. The lowest BCUT2D eigenvalue weighted by atomic mass is 10.1. The minimum Gasteiger partial charge on any atom is -0.480 e. The SMILES string of the molecule is C=CCN(CCO)C(=O)NC(CCC(N)=O)C(=O)O. The summed E-state index contributed by atoms with van der Waals surface area (Å²) >= 11 is 0. The highest BCUT2D eigenvalue weighted by molar-refractivity contribution is 5.83. The quantitative estimate of drug-likeness (QED) is 0.395. The van der Waals surface area contributed by atoms with E-state index in [4.69, 9.17) is 15.9 Å². The van der Waals surface area contributed by atoms with Gasteiger partial charge in [-0.15, -0.1) is 6.58 Å². The van der Waals surface area contributed by atoms with Crippen LogP contribution in [0.25, 0.3) is 0 Å². The summed E-state index contributed by atoms with van der Waals surface area (Å²) in [5, 5.41) is 20.0. The Morgan fingerprint density at radius 1 is 1.42 bits per heavy atom. The number of aliphatic hydroxyl groups excluding tert-OH is 1. The molecule has 0 spiro atoms. The topological polar surface area (TPSA) is 133 Å². The summed E-state index contributed by atoms with van der Waals surface area (Å²) in [6.07, 6.45) is 1.23. The number of nitrogens with two attached hydrogens (primary N) is 1. The molecule has 0 saturated heterocycles. The van der Waals surface area contributed by atoms with Gasteiger partial charge >= 0.3 is 12.0 Å². The number of rotatable bonds is 9. The summed E-state index contributed by atoms with van der Waals surface area (Å²) < 4.78 is 0. The average Bonchev–Trinajstić information content (AvgIpc) is 2.33. The van der Waals surface area contributed by atoms with Crippen LogP contribution in [0.1, 0.15) is 12.8 Å². The van der Waals surface area contributed by atoms with E-state index >= 15 is 0 Å². The van der Waals surface area contributed by atoms with Gasteiger partial charge in [0.25, 0.3) is 0 Å². The summed E-state index contributed by atoms with van der Waals surface area (Å²) in [5.41, 5.74) is 4.93. The molecule has 8 nitrogen and oxygen atoms in total. The maximum atomic E-state index is 11.8. The fraction of sp³-hybridized carbons (Fsp3) is 0.545. The Morgan fingerprint density at radius 2 is 2.05 bits per heavy atom. The molecule has 3 amide bonds. The number of urea groups is 1. The summed E-state index contributed by atoms with van der Waals surface area (Å²) in [7, 11) is 0. The number of carboxylic acids is 1. The second-order valence-corrected chi connectivity index (χ2v) is 3.80. The molecule has 0 aliphatic rings. The van der Waals surface area contributed by atoms with E-state index in [9.17, 15) is 14.4 Å². The molecule has 0 aliphatic heterocycles. The first-order valence-electron chi connectivity index (χ1n) is 5.70. The third kappa shape index (κ3) is 7.04. The van der Waals surface area contributed by atoms with Crippen LogP contribution in [0.3, 0.4) is 0 Å². The minimum atomic E-state index is -1.25. The van der Waals surface area contributed by atoms with Gasteiger partial charge in [-0.05, 0) is 6.42 Å². The van der Waals surface area contributed by atoms with Crippen LogP contribution < -0.4 is 11.1 Å². The normalized spacial score (nSPS) is 11.4. The van der Waals surface area contributed by atoms with E-state index in [1.165, 1.54) is 11.0 Å². The molecule has 0 saturated carbocycles. The molecule has 0 aromatic rings. The highest BCUT2D eigenvalue weighted by Gasteiger charge is 2.22. The van der Waals surface area contributed by atoms with E-state index in [1.807, 2.05) is 0 Å². The standard InChI is InChI=1S/C11H19N3O5/c1-2-5-14(6-7-15)11(19)13-8(10(17)18)3-4-9(12)16/h2,8,15H,1,3-7H2,(H2,12,16)(H,13,19)(H,17,18). The number of aliphatic carboxylic acids is 1. The molecule has 8 heteroatoms. The molecule has 19 heavy (non-hydrogen) atoms. The molecule has 0 aromatic heterocycles. The van der Waals surface area contributed by atoms with Gasteiger partial charge in [-0.1, -0.05) is 6.08 Å². The van der Waals surface area contributed by atoms with Gasteiger partial charge in [-0.25, -0.2) is 9.59 Å². The van der Waals surface area contributed by atoms with Gasteiger partial charge < -0.3 is 26.2 Å². The summed E-state index contributed by atoms with van der Waals surface area (Å²) in [6, 6.07) is -1.85. The van der Waals surface area contributed by atoms with Gasteiger partial charge in [0, 0.05) is 19.5 Å².